The number of amides is 1. The van der Waals surface area contributed by atoms with Gasteiger partial charge in [0.25, 0.3) is 5.56 Å². The number of fused-ring (bicyclic) bond motifs is 1. The zero-order valence-electron chi connectivity index (χ0n) is 13.9. The number of primary amides is 1. The Balaban J connectivity index is 2.31. The van der Waals surface area contributed by atoms with Crippen LogP contribution >= 0.6 is 0 Å². The first-order valence-electron chi connectivity index (χ1n) is 7.84. The average Bonchev–Trinajstić information content (AvgIpc) is 2.97. The Morgan fingerprint density at radius 2 is 2.20 bits per heavy atom. The first kappa shape index (κ1) is 16.5. The van der Waals surface area contributed by atoms with E-state index < -0.39 is 5.91 Å². The highest BCUT2D eigenvalue weighted by Gasteiger charge is 2.19. The van der Waals surface area contributed by atoms with Crippen LogP contribution in [0.25, 0.3) is 16.9 Å². The van der Waals surface area contributed by atoms with E-state index >= 15 is 0 Å². The molecule has 1 aromatic carbocycles. The third-order valence-corrected chi connectivity index (χ3v) is 4.00. The number of nitrogens with one attached hydrogen (secondary N) is 1. The van der Waals surface area contributed by atoms with Crippen LogP contribution in [0.5, 0.6) is 0 Å². The summed E-state index contributed by atoms with van der Waals surface area (Å²) in [6.07, 6.45) is 1.48. The summed E-state index contributed by atoms with van der Waals surface area (Å²) in [5.41, 5.74) is 8.36. The Morgan fingerprint density at radius 3 is 2.84 bits per heavy atom. The van der Waals surface area contributed by atoms with Gasteiger partial charge in [0.05, 0.1) is 18.3 Å². The van der Waals surface area contributed by atoms with Crippen LogP contribution in [0.1, 0.15) is 36.5 Å². The Morgan fingerprint density at radius 1 is 1.44 bits per heavy atom. The number of rotatable bonds is 4. The summed E-state index contributed by atoms with van der Waals surface area (Å²) in [6, 6.07) is 9.31. The molecule has 126 valence electrons. The number of nitrogens with two attached hydrogens (primary N) is 1. The number of benzene rings is 1. The van der Waals surface area contributed by atoms with Crippen molar-refractivity contribution < 1.29 is 4.79 Å². The number of H-pyrrole nitrogens is 1. The normalized spacial score (nSPS) is 11.0. The van der Waals surface area contributed by atoms with Crippen molar-refractivity contribution in [2.24, 2.45) is 5.73 Å². The summed E-state index contributed by atoms with van der Waals surface area (Å²) < 4.78 is 1.21. The van der Waals surface area contributed by atoms with Crippen LogP contribution < -0.4 is 11.3 Å². The lowest BCUT2D eigenvalue weighted by Gasteiger charge is -2.14. The summed E-state index contributed by atoms with van der Waals surface area (Å²) in [6.45, 7) is 3.84. The zero-order chi connectivity index (χ0) is 18.1. The molecule has 0 fully saturated rings. The summed E-state index contributed by atoms with van der Waals surface area (Å²) in [5, 5.41) is 13.2. The van der Waals surface area contributed by atoms with Crippen LogP contribution in [0.4, 0.5) is 0 Å². The Labute approximate surface area is 143 Å². The van der Waals surface area contributed by atoms with Crippen molar-refractivity contribution >= 4 is 11.6 Å². The number of hydrogen-bond acceptors (Lipinski definition) is 4. The number of aromatic nitrogens is 3. The Kier molecular flexibility index (Phi) is 4.11. The van der Waals surface area contributed by atoms with Gasteiger partial charge in [-0.2, -0.15) is 14.9 Å². The molecule has 0 bridgehead atoms. The molecule has 25 heavy (non-hydrogen) atoms. The van der Waals surface area contributed by atoms with Crippen LogP contribution in [0.15, 0.2) is 35.3 Å². The second-order valence-electron chi connectivity index (χ2n) is 6.15. The van der Waals surface area contributed by atoms with E-state index in [1.54, 1.807) is 6.07 Å². The maximum Gasteiger partial charge on any atom is 0.278 e. The maximum atomic E-state index is 12.9. The zero-order valence-corrected chi connectivity index (χ0v) is 13.9. The number of aromatic amines is 1. The van der Waals surface area contributed by atoms with Crippen LogP contribution in [0.3, 0.4) is 0 Å². The van der Waals surface area contributed by atoms with Crippen molar-refractivity contribution in [3.8, 4) is 17.3 Å². The molecule has 0 spiro atoms. The van der Waals surface area contributed by atoms with E-state index in [4.69, 9.17) is 5.73 Å². The van der Waals surface area contributed by atoms with Gasteiger partial charge in [-0.3, -0.25) is 9.59 Å². The molecule has 0 saturated carbocycles. The predicted molar refractivity (Wildman–Crippen MR) is 93.0 cm³/mol. The van der Waals surface area contributed by atoms with Crippen LogP contribution in [0, 0.1) is 11.3 Å². The SMILES string of the molecule is CC(C)c1c(-c2cccc(CC(N)=O)c2)[nH]c2c(C#N)cnn2c1=O. The fraction of sp³-hybridized carbons (Fsp3) is 0.222. The van der Waals surface area contributed by atoms with Gasteiger partial charge in [-0.15, -0.1) is 0 Å². The van der Waals surface area contributed by atoms with Gasteiger partial charge in [0, 0.05) is 5.56 Å². The lowest BCUT2D eigenvalue weighted by Crippen LogP contribution is -2.22. The van der Waals surface area contributed by atoms with E-state index in [0.717, 1.165) is 11.1 Å². The predicted octanol–water partition coefficient (Wildman–Crippen LogP) is 1.71. The van der Waals surface area contributed by atoms with Gasteiger partial charge in [0.15, 0.2) is 5.65 Å². The van der Waals surface area contributed by atoms with E-state index in [-0.39, 0.29) is 17.9 Å². The quantitative estimate of drug-likeness (QED) is 0.754. The Hall–Kier alpha value is -3.40. The van der Waals surface area contributed by atoms with Crippen molar-refractivity contribution in [2.75, 3.05) is 0 Å². The van der Waals surface area contributed by atoms with E-state index in [9.17, 15) is 14.9 Å². The smallest absolute Gasteiger partial charge is 0.278 e. The molecule has 1 amide bonds. The van der Waals surface area contributed by atoms with E-state index in [0.29, 0.717) is 22.5 Å². The van der Waals surface area contributed by atoms with Gasteiger partial charge in [0.2, 0.25) is 5.91 Å². The molecule has 0 radical (unpaired) electrons. The molecular weight excluding hydrogens is 318 g/mol. The minimum atomic E-state index is -0.423. The molecule has 3 aromatic rings. The van der Waals surface area contributed by atoms with Gasteiger partial charge >= 0.3 is 0 Å². The number of carbonyl (C=O) groups excluding carboxylic acids is 1. The van der Waals surface area contributed by atoms with E-state index in [1.165, 1.54) is 10.7 Å². The molecule has 7 heteroatoms. The molecule has 3 rings (SSSR count). The largest absolute Gasteiger partial charge is 0.369 e. The second kappa shape index (κ2) is 6.24. The third kappa shape index (κ3) is 2.90. The summed E-state index contributed by atoms with van der Waals surface area (Å²) >= 11 is 0. The minimum absolute atomic E-state index is 0.0577. The molecule has 0 atom stereocenters. The number of nitrogens with zero attached hydrogens (tertiary/aromatic N) is 3. The molecule has 0 aliphatic rings. The molecule has 0 unspecified atom stereocenters. The summed E-state index contributed by atoms with van der Waals surface area (Å²) in [5.74, 6) is -0.481. The monoisotopic (exact) mass is 335 g/mol. The van der Waals surface area contributed by atoms with E-state index in [2.05, 4.69) is 10.1 Å². The number of carbonyl (C=O) groups is 1. The first-order chi connectivity index (χ1) is 11.9. The molecular formula is C18H17N5O2. The van der Waals surface area contributed by atoms with Gasteiger partial charge in [0.1, 0.15) is 11.6 Å². The topological polar surface area (TPSA) is 117 Å². The second-order valence-corrected chi connectivity index (χ2v) is 6.15. The van der Waals surface area contributed by atoms with Gasteiger partial charge < -0.3 is 10.7 Å². The number of nitriles is 1. The fourth-order valence-electron chi connectivity index (χ4n) is 2.91. The molecule has 3 N–H and O–H groups in total. The van der Waals surface area contributed by atoms with Crippen LogP contribution in [-0.2, 0) is 11.2 Å². The molecule has 0 saturated heterocycles. The molecule has 0 aliphatic carbocycles. The lowest BCUT2D eigenvalue weighted by molar-refractivity contribution is -0.117. The molecule has 0 aliphatic heterocycles. The lowest BCUT2D eigenvalue weighted by atomic mass is 9.96. The third-order valence-electron chi connectivity index (χ3n) is 4.00. The van der Waals surface area contributed by atoms with Crippen molar-refractivity contribution in [2.45, 2.75) is 26.2 Å². The van der Waals surface area contributed by atoms with Crippen molar-refractivity contribution in [1.29, 1.82) is 5.26 Å². The highest BCUT2D eigenvalue weighted by molar-refractivity contribution is 5.77. The summed E-state index contributed by atoms with van der Waals surface area (Å²) in [4.78, 5) is 27.2. The average molecular weight is 335 g/mol. The first-order valence-corrected chi connectivity index (χ1v) is 7.84. The van der Waals surface area contributed by atoms with Crippen molar-refractivity contribution in [1.82, 2.24) is 14.6 Å². The maximum absolute atomic E-state index is 12.9. The standard InChI is InChI=1S/C18H17N5O2/c1-10(2)15-16(12-5-3-4-11(6-12)7-14(20)24)22-17-13(8-19)9-21-23(17)18(15)25/h3-6,9-10,22H,7H2,1-2H3,(H2,20,24). The van der Waals surface area contributed by atoms with Gasteiger partial charge in [-0.05, 0) is 23.1 Å². The highest BCUT2D eigenvalue weighted by Crippen LogP contribution is 2.27. The minimum Gasteiger partial charge on any atom is -0.369 e. The summed E-state index contributed by atoms with van der Waals surface area (Å²) in [7, 11) is 0. The van der Waals surface area contributed by atoms with E-state index in [1.807, 2.05) is 38.1 Å². The fourth-order valence-corrected chi connectivity index (χ4v) is 2.91. The van der Waals surface area contributed by atoms with Gasteiger partial charge in [-0.25, -0.2) is 0 Å². The molecule has 7 nitrogen and oxygen atoms in total. The Bertz CT molecular complexity index is 1070. The van der Waals surface area contributed by atoms with Gasteiger partial charge in [-0.1, -0.05) is 32.0 Å². The molecule has 2 aromatic heterocycles. The van der Waals surface area contributed by atoms with Crippen molar-refractivity contribution in [3.05, 3.63) is 57.5 Å². The number of hydrogen-bond donors (Lipinski definition) is 2. The highest BCUT2D eigenvalue weighted by atomic mass is 16.1. The van der Waals surface area contributed by atoms with Crippen molar-refractivity contribution in [3.63, 3.8) is 0 Å². The molecule has 2 heterocycles. The van der Waals surface area contributed by atoms with Crippen LogP contribution in [0.2, 0.25) is 0 Å². The van der Waals surface area contributed by atoms with Crippen LogP contribution in [-0.4, -0.2) is 20.5 Å².